The van der Waals surface area contributed by atoms with Gasteiger partial charge in [-0.05, 0) is 26.3 Å². The summed E-state index contributed by atoms with van der Waals surface area (Å²) in [7, 11) is 1.81. The molecule has 128 valence electrons. The van der Waals surface area contributed by atoms with Crippen molar-refractivity contribution in [2.24, 2.45) is 7.05 Å². The van der Waals surface area contributed by atoms with Crippen LogP contribution < -0.4 is 11.1 Å². The van der Waals surface area contributed by atoms with E-state index in [2.05, 4.69) is 20.6 Å². The van der Waals surface area contributed by atoms with Gasteiger partial charge in [0.25, 0.3) is 0 Å². The molecule has 3 rings (SSSR count). The Hall–Kier alpha value is -1.90. The molecule has 0 radical (unpaired) electrons. The minimum atomic E-state index is 0.602. The van der Waals surface area contributed by atoms with Crippen molar-refractivity contribution in [3.8, 4) is 11.4 Å². The molecule has 0 aliphatic rings. The van der Waals surface area contributed by atoms with Crippen LogP contribution in [0.15, 0.2) is 16.0 Å². The van der Waals surface area contributed by atoms with Gasteiger partial charge in [0.15, 0.2) is 5.13 Å². The zero-order chi connectivity index (χ0) is 17.1. The SMILES string of the molecule is Cc1cc(-c2nn(C)c(Cl)c2CNCCCc2csc(N)n2)no1. The Morgan fingerprint density at radius 1 is 1.46 bits per heavy atom. The fraction of sp³-hybridized carbons (Fsp3) is 0.400. The molecule has 0 aliphatic heterocycles. The Kier molecular flexibility index (Phi) is 5.17. The van der Waals surface area contributed by atoms with E-state index in [1.165, 1.54) is 11.3 Å². The molecule has 0 unspecified atom stereocenters. The van der Waals surface area contributed by atoms with E-state index in [4.69, 9.17) is 21.9 Å². The first-order valence-corrected chi connectivity index (χ1v) is 8.86. The number of nitrogens with two attached hydrogens (primary N) is 1. The highest BCUT2D eigenvalue weighted by molar-refractivity contribution is 7.13. The third-order valence-electron chi connectivity index (χ3n) is 3.60. The number of hydrogen-bond donors (Lipinski definition) is 2. The summed E-state index contributed by atoms with van der Waals surface area (Å²) in [6.07, 6.45) is 1.87. The molecule has 9 heteroatoms. The molecular formula is C15H19ClN6OS. The van der Waals surface area contributed by atoms with Crippen molar-refractivity contribution in [1.29, 1.82) is 0 Å². The molecule has 3 N–H and O–H groups in total. The van der Waals surface area contributed by atoms with Crippen LogP contribution in [0.1, 0.15) is 23.4 Å². The summed E-state index contributed by atoms with van der Waals surface area (Å²) in [4.78, 5) is 4.26. The number of hydrogen-bond acceptors (Lipinski definition) is 7. The number of thiazole rings is 1. The number of halogens is 1. The zero-order valence-electron chi connectivity index (χ0n) is 13.5. The summed E-state index contributed by atoms with van der Waals surface area (Å²) < 4.78 is 6.79. The standard InChI is InChI=1S/C15H19ClN6OS/c1-9-6-12(21-23-9)13-11(14(16)22(2)20-13)7-18-5-3-4-10-8-24-15(17)19-10/h6,8,18H,3-5,7H2,1-2H3,(H2,17,19). The van der Waals surface area contributed by atoms with E-state index in [1.54, 1.807) is 4.68 Å². The molecule has 0 aliphatic carbocycles. The van der Waals surface area contributed by atoms with Gasteiger partial charge >= 0.3 is 0 Å². The van der Waals surface area contributed by atoms with E-state index in [0.29, 0.717) is 22.5 Å². The molecule has 3 aromatic rings. The Morgan fingerprint density at radius 3 is 2.96 bits per heavy atom. The molecule has 3 aromatic heterocycles. The fourth-order valence-electron chi connectivity index (χ4n) is 2.43. The van der Waals surface area contributed by atoms with Gasteiger partial charge in [-0.1, -0.05) is 16.8 Å². The van der Waals surface area contributed by atoms with Crippen molar-refractivity contribution in [1.82, 2.24) is 25.2 Å². The number of nitrogens with zero attached hydrogens (tertiary/aromatic N) is 4. The highest BCUT2D eigenvalue weighted by Crippen LogP contribution is 2.27. The first kappa shape index (κ1) is 16.9. The van der Waals surface area contributed by atoms with E-state index in [1.807, 2.05) is 25.4 Å². The second-order valence-electron chi connectivity index (χ2n) is 5.52. The van der Waals surface area contributed by atoms with Crippen LogP contribution in [0.3, 0.4) is 0 Å². The maximum Gasteiger partial charge on any atom is 0.180 e. The molecule has 0 bridgehead atoms. The van der Waals surface area contributed by atoms with Crippen LogP contribution in [0.4, 0.5) is 5.13 Å². The van der Waals surface area contributed by atoms with Crippen LogP contribution in [0.2, 0.25) is 5.15 Å². The van der Waals surface area contributed by atoms with Gasteiger partial charge in [0, 0.05) is 30.6 Å². The lowest BCUT2D eigenvalue weighted by molar-refractivity contribution is 0.399. The van der Waals surface area contributed by atoms with Crippen LogP contribution in [0.25, 0.3) is 11.4 Å². The highest BCUT2D eigenvalue weighted by Gasteiger charge is 2.18. The van der Waals surface area contributed by atoms with Crippen LogP contribution >= 0.6 is 22.9 Å². The zero-order valence-corrected chi connectivity index (χ0v) is 15.1. The van der Waals surface area contributed by atoms with Crippen molar-refractivity contribution in [2.45, 2.75) is 26.3 Å². The summed E-state index contributed by atoms with van der Waals surface area (Å²) >= 11 is 7.83. The van der Waals surface area contributed by atoms with Gasteiger partial charge < -0.3 is 15.6 Å². The number of rotatable bonds is 7. The number of anilines is 1. The molecule has 0 saturated carbocycles. The predicted molar refractivity (Wildman–Crippen MR) is 95.0 cm³/mol. The van der Waals surface area contributed by atoms with Gasteiger partial charge in [-0.2, -0.15) is 5.10 Å². The number of aromatic nitrogens is 4. The van der Waals surface area contributed by atoms with Crippen molar-refractivity contribution >= 4 is 28.1 Å². The van der Waals surface area contributed by atoms with Crippen LogP contribution in [-0.2, 0) is 20.0 Å². The third kappa shape index (κ3) is 3.77. The van der Waals surface area contributed by atoms with Gasteiger partial charge in [0.1, 0.15) is 22.3 Å². The largest absolute Gasteiger partial charge is 0.375 e. The average Bonchev–Trinajstić information content (AvgIpc) is 3.22. The Labute approximate surface area is 148 Å². The minimum absolute atomic E-state index is 0.602. The topological polar surface area (TPSA) is 94.8 Å². The lowest BCUT2D eigenvalue weighted by Crippen LogP contribution is -2.16. The monoisotopic (exact) mass is 366 g/mol. The first-order valence-electron chi connectivity index (χ1n) is 7.60. The van der Waals surface area contributed by atoms with E-state index in [9.17, 15) is 0 Å². The normalized spacial score (nSPS) is 11.3. The summed E-state index contributed by atoms with van der Waals surface area (Å²) in [6.45, 7) is 3.32. The van der Waals surface area contributed by atoms with E-state index in [-0.39, 0.29) is 0 Å². The molecule has 0 spiro atoms. The quantitative estimate of drug-likeness (QED) is 0.624. The first-order chi connectivity index (χ1) is 11.5. The lowest BCUT2D eigenvalue weighted by atomic mass is 10.2. The van der Waals surface area contributed by atoms with Crippen LogP contribution in [-0.4, -0.2) is 26.5 Å². The minimum Gasteiger partial charge on any atom is -0.375 e. The maximum absolute atomic E-state index is 6.36. The molecular weight excluding hydrogens is 348 g/mol. The van der Waals surface area contributed by atoms with Gasteiger partial charge in [0.2, 0.25) is 0 Å². The smallest absolute Gasteiger partial charge is 0.180 e. The van der Waals surface area contributed by atoms with Gasteiger partial charge in [0.05, 0.1) is 5.69 Å². The van der Waals surface area contributed by atoms with E-state index >= 15 is 0 Å². The molecule has 24 heavy (non-hydrogen) atoms. The predicted octanol–water partition coefficient (Wildman–Crippen LogP) is 2.80. The van der Waals surface area contributed by atoms with E-state index < -0.39 is 0 Å². The molecule has 0 saturated heterocycles. The Bertz CT molecular complexity index is 824. The highest BCUT2D eigenvalue weighted by atomic mass is 35.5. The summed E-state index contributed by atoms with van der Waals surface area (Å²) in [5.41, 5.74) is 9.04. The molecule has 7 nitrogen and oxygen atoms in total. The van der Waals surface area contributed by atoms with Crippen LogP contribution in [0.5, 0.6) is 0 Å². The van der Waals surface area contributed by atoms with Gasteiger partial charge in [-0.3, -0.25) is 4.68 Å². The van der Waals surface area contributed by atoms with Crippen molar-refractivity contribution < 1.29 is 4.52 Å². The fourth-order valence-corrected chi connectivity index (χ4v) is 3.22. The molecule has 0 atom stereocenters. The van der Waals surface area contributed by atoms with Crippen LogP contribution in [0, 0.1) is 6.92 Å². The Morgan fingerprint density at radius 2 is 2.29 bits per heavy atom. The molecule has 3 heterocycles. The Balaban J connectivity index is 1.58. The van der Waals surface area contributed by atoms with Gasteiger partial charge in [-0.15, -0.1) is 11.3 Å². The molecule has 0 amide bonds. The molecule has 0 fully saturated rings. The molecule has 0 aromatic carbocycles. The third-order valence-corrected chi connectivity index (χ3v) is 4.79. The van der Waals surface area contributed by atoms with E-state index in [0.717, 1.165) is 42.1 Å². The number of aryl methyl sites for hydroxylation is 3. The average molecular weight is 367 g/mol. The second-order valence-corrected chi connectivity index (χ2v) is 6.77. The summed E-state index contributed by atoms with van der Waals surface area (Å²) in [5, 5.41) is 15.1. The summed E-state index contributed by atoms with van der Waals surface area (Å²) in [6, 6.07) is 1.86. The maximum atomic E-state index is 6.36. The van der Waals surface area contributed by atoms with Crippen molar-refractivity contribution in [2.75, 3.05) is 12.3 Å². The summed E-state index contributed by atoms with van der Waals surface area (Å²) in [5.74, 6) is 0.744. The lowest BCUT2D eigenvalue weighted by Gasteiger charge is -2.04. The van der Waals surface area contributed by atoms with Gasteiger partial charge in [-0.25, -0.2) is 4.98 Å². The number of nitrogen functional groups attached to an aromatic ring is 1. The van der Waals surface area contributed by atoms with Crippen molar-refractivity contribution in [3.05, 3.63) is 33.6 Å². The number of nitrogens with one attached hydrogen (secondary N) is 1. The van der Waals surface area contributed by atoms with Crippen molar-refractivity contribution in [3.63, 3.8) is 0 Å². The second kappa shape index (κ2) is 7.33.